The molecular weight excluding hydrogens is 302 g/mol. The predicted molar refractivity (Wildman–Crippen MR) is 95.5 cm³/mol. The van der Waals surface area contributed by atoms with E-state index in [-0.39, 0.29) is 0 Å². The van der Waals surface area contributed by atoms with Gasteiger partial charge in [0, 0.05) is 43.9 Å². The molecular formula is C18H23N5O. The second-order valence-corrected chi connectivity index (χ2v) is 6.39. The maximum absolute atomic E-state index is 5.87. The van der Waals surface area contributed by atoms with Gasteiger partial charge in [-0.15, -0.1) is 0 Å². The lowest BCUT2D eigenvalue weighted by Crippen LogP contribution is -2.27. The molecule has 1 aromatic carbocycles. The molecule has 1 fully saturated rings. The number of para-hydroxylation sites is 1. The molecule has 24 heavy (non-hydrogen) atoms. The first-order chi connectivity index (χ1) is 11.8. The van der Waals surface area contributed by atoms with E-state index in [1.54, 1.807) is 0 Å². The van der Waals surface area contributed by atoms with Crippen LogP contribution in [0.4, 0.5) is 17.5 Å². The van der Waals surface area contributed by atoms with Gasteiger partial charge in [0.05, 0.1) is 12.3 Å². The minimum absolute atomic E-state index is 0.327. The fourth-order valence-corrected chi connectivity index (χ4v) is 3.51. The van der Waals surface area contributed by atoms with Gasteiger partial charge in [-0.3, -0.25) is 0 Å². The standard InChI is InChI=1S/C18H23N5O/c19-18-21-15(14-6-10-24-12-14)11-17(22-18)20-7-9-23-8-5-13-3-1-2-4-16(13)23/h1-4,11,14H,5-10,12H2,(H3,19,20,21,22)/t14-/m1/s1. The summed E-state index contributed by atoms with van der Waals surface area (Å²) in [6, 6.07) is 10.6. The topological polar surface area (TPSA) is 76.3 Å². The summed E-state index contributed by atoms with van der Waals surface area (Å²) < 4.78 is 5.44. The van der Waals surface area contributed by atoms with Gasteiger partial charge in [-0.05, 0) is 24.5 Å². The SMILES string of the molecule is Nc1nc(NCCN2CCc3ccccc32)cc([C@@H]2CCOC2)n1. The van der Waals surface area contributed by atoms with Crippen LogP contribution in [0, 0.1) is 0 Å². The van der Waals surface area contributed by atoms with E-state index in [2.05, 4.69) is 44.5 Å². The van der Waals surface area contributed by atoms with Crippen LogP contribution >= 0.6 is 0 Å². The molecule has 0 saturated carbocycles. The van der Waals surface area contributed by atoms with Crippen LogP contribution in [0.3, 0.4) is 0 Å². The molecule has 0 unspecified atom stereocenters. The summed E-state index contributed by atoms with van der Waals surface area (Å²) in [6.45, 7) is 4.37. The van der Waals surface area contributed by atoms with Gasteiger partial charge in [-0.2, -0.15) is 4.98 Å². The first kappa shape index (κ1) is 15.2. The average molecular weight is 325 g/mol. The van der Waals surface area contributed by atoms with Crippen molar-refractivity contribution in [1.82, 2.24) is 9.97 Å². The first-order valence-corrected chi connectivity index (χ1v) is 8.58. The van der Waals surface area contributed by atoms with Crippen LogP contribution in [0.1, 0.15) is 23.6 Å². The maximum atomic E-state index is 5.87. The fourth-order valence-electron chi connectivity index (χ4n) is 3.51. The van der Waals surface area contributed by atoms with Crippen LogP contribution < -0.4 is 16.0 Å². The van der Waals surface area contributed by atoms with E-state index in [1.807, 2.05) is 6.07 Å². The number of anilines is 3. The highest BCUT2D eigenvalue weighted by molar-refractivity contribution is 5.58. The van der Waals surface area contributed by atoms with Gasteiger partial charge in [-0.25, -0.2) is 4.98 Å². The van der Waals surface area contributed by atoms with Crippen molar-refractivity contribution in [2.24, 2.45) is 0 Å². The molecule has 2 aromatic rings. The summed E-state index contributed by atoms with van der Waals surface area (Å²) in [5, 5.41) is 3.39. The van der Waals surface area contributed by atoms with Crippen LogP contribution in [0.2, 0.25) is 0 Å². The number of nitrogens with one attached hydrogen (secondary N) is 1. The Morgan fingerprint density at radius 2 is 2.21 bits per heavy atom. The van der Waals surface area contributed by atoms with Crippen molar-refractivity contribution >= 4 is 17.5 Å². The molecule has 126 valence electrons. The quantitative estimate of drug-likeness (QED) is 0.876. The smallest absolute Gasteiger partial charge is 0.222 e. The third-order valence-electron chi connectivity index (χ3n) is 4.78. The number of aromatic nitrogens is 2. The van der Waals surface area contributed by atoms with Crippen molar-refractivity contribution < 1.29 is 4.74 Å². The Balaban J connectivity index is 1.38. The van der Waals surface area contributed by atoms with Gasteiger partial charge in [-0.1, -0.05) is 18.2 Å². The zero-order chi connectivity index (χ0) is 16.4. The summed E-state index contributed by atoms with van der Waals surface area (Å²) in [7, 11) is 0. The van der Waals surface area contributed by atoms with Crippen LogP contribution in [-0.2, 0) is 11.2 Å². The number of hydrogen-bond acceptors (Lipinski definition) is 6. The van der Waals surface area contributed by atoms with Crippen molar-refractivity contribution in [2.45, 2.75) is 18.8 Å². The summed E-state index contributed by atoms with van der Waals surface area (Å²) in [5.74, 6) is 1.46. The lowest BCUT2D eigenvalue weighted by molar-refractivity contribution is 0.193. The molecule has 3 N–H and O–H groups in total. The van der Waals surface area contributed by atoms with Gasteiger partial charge in [0.2, 0.25) is 5.95 Å². The van der Waals surface area contributed by atoms with Crippen LogP contribution in [0.5, 0.6) is 0 Å². The molecule has 2 aliphatic rings. The Morgan fingerprint density at radius 3 is 3.08 bits per heavy atom. The summed E-state index contributed by atoms with van der Waals surface area (Å²) in [6.07, 6.45) is 2.13. The first-order valence-electron chi connectivity index (χ1n) is 8.58. The molecule has 0 spiro atoms. The zero-order valence-electron chi connectivity index (χ0n) is 13.7. The average Bonchev–Trinajstić information content (AvgIpc) is 3.24. The van der Waals surface area contributed by atoms with E-state index in [4.69, 9.17) is 10.5 Å². The Morgan fingerprint density at radius 1 is 1.29 bits per heavy atom. The van der Waals surface area contributed by atoms with Crippen molar-refractivity contribution in [2.75, 3.05) is 48.8 Å². The number of ether oxygens (including phenoxy) is 1. The Labute approximate surface area is 142 Å². The lowest BCUT2D eigenvalue weighted by Gasteiger charge is -2.20. The van der Waals surface area contributed by atoms with E-state index < -0.39 is 0 Å². The third-order valence-corrected chi connectivity index (χ3v) is 4.78. The van der Waals surface area contributed by atoms with Crippen LogP contribution in [0.15, 0.2) is 30.3 Å². The summed E-state index contributed by atoms with van der Waals surface area (Å²) in [5.41, 5.74) is 9.64. The Bertz CT molecular complexity index is 714. The zero-order valence-corrected chi connectivity index (χ0v) is 13.7. The van der Waals surface area contributed by atoms with Gasteiger partial charge < -0.3 is 20.7 Å². The number of benzene rings is 1. The van der Waals surface area contributed by atoms with Crippen molar-refractivity contribution in [3.63, 3.8) is 0 Å². The summed E-state index contributed by atoms with van der Waals surface area (Å²) >= 11 is 0. The monoisotopic (exact) mass is 325 g/mol. The molecule has 3 heterocycles. The molecule has 0 bridgehead atoms. The van der Waals surface area contributed by atoms with Gasteiger partial charge >= 0.3 is 0 Å². The molecule has 1 aromatic heterocycles. The number of nitrogens with zero attached hydrogens (tertiary/aromatic N) is 3. The van der Waals surface area contributed by atoms with Crippen molar-refractivity contribution in [1.29, 1.82) is 0 Å². The number of nitrogen functional groups attached to an aromatic ring is 1. The normalized spacial score (nSPS) is 19.5. The van der Waals surface area contributed by atoms with E-state index in [0.29, 0.717) is 11.9 Å². The summed E-state index contributed by atoms with van der Waals surface area (Å²) in [4.78, 5) is 11.1. The molecule has 6 heteroatoms. The van der Waals surface area contributed by atoms with Gasteiger partial charge in [0.1, 0.15) is 5.82 Å². The number of fused-ring (bicyclic) bond motifs is 1. The van der Waals surface area contributed by atoms with Crippen LogP contribution in [-0.4, -0.2) is 42.8 Å². The minimum Gasteiger partial charge on any atom is -0.381 e. The maximum Gasteiger partial charge on any atom is 0.222 e. The molecule has 6 nitrogen and oxygen atoms in total. The van der Waals surface area contributed by atoms with Gasteiger partial charge in [0.25, 0.3) is 0 Å². The number of rotatable bonds is 5. The van der Waals surface area contributed by atoms with E-state index in [9.17, 15) is 0 Å². The molecule has 4 rings (SSSR count). The van der Waals surface area contributed by atoms with E-state index in [0.717, 1.165) is 57.2 Å². The van der Waals surface area contributed by atoms with Gasteiger partial charge in [0.15, 0.2) is 0 Å². The van der Waals surface area contributed by atoms with Crippen LogP contribution in [0.25, 0.3) is 0 Å². The Hall–Kier alpha value is -2.34. The molecule has 0 amide bonds. The highest BCUT2D eigenvalue weighted by atomic mass is 16.5. The second kappa shape index (κ2) is 6.65. The largest absolute Gasteiger partial charge is 0.381 e. The molecule has 1 saturated heterocycles. The van der Waals surface area contributed by atoms with Crippen molar-refractivity contribution in [3.8, 4) is 0 Å². The highest BCUT2D eigenvalue weighted by Gasteiger charge is 2.21. The molecule has 1 atom stereocenters. The van der Waals surface area contributed by atoms with Crippen molar-refractivity contribution in [3.05, 3.63) is 41.6 Å². The molecule has 0 radical (unpaired) electrons. The second-order valence-electron chi connectivity index (χ2n) is 6.39. The number of nitrogens with two attached hydrogens (primary N) is 1. The fraction of sp³-hybridized carbons (Fsp3) is 0.444. The number of hydrogen-bond donors (Lipinski definition) is 2. The third kappa shape index (κ3) is 3.14. The lowest BCUT2D eigenvalue weighted by atomic mass is 10.0. The van der Waals surface area contributed by atoms with E-state index >= 15 is 0 Å². The highest BCUT2D eigenvalue weighted by Crippen LogP contribution is 2.27. The predicted octanol–water partition coefficient (Wildman–Crippen LogP) is 2.04. The minimum atomic E-state index is 0.327. The van der Waals surface area contributed by atoms with E-state index in [1.165, 1.54) is 11.3 Å². The Kier molecular flexibility index (Phi) is 4.21. The molecule has 2 aliphatic heterocycles. The molecule has 0 aliphatic carbocycles.